The summed E-state index contributed by atoms with van der Waals surface area (Å²) in [6, 6.07) is 11.8. The maximum absolute atomic E-state index is 10.3. The maximum atomic E-state index is 10.3. The van der Waals surface area contributed by atoms with E-state index >= 15 is 0 Å². The summed E-state index contributed by atoms with van der Waals surface area (Å²) < 4.78 is 0. The quantitative estimate of drug-likeness (QED) is 0.721. The van der Waals surface area contributed by atoms with Gasteiger partial charge in [-0.15, -0.1) is 0 Å². The molecule has 0 fully saturated rings. The van der Waals surface area contributed by atoms with Crippen molar-refractivity contribution >= 4 is 10.9 Å². The van der Waals surface area contributed by atoms with Crippen molar-refractivity contribution in [3.05, 3.63) is 65.6 Å². The van der Waals surface area contributed by atoms with Gasteiger partial charge in [-0.3, -0.25) is 4.98 Å². The summed E-state index contributed by atoms with van der Waals surface area (Å²) in [6.45, 7) is 2.03. The molecular weight excluding hydrogens is 224 g/mol. The zero-order valence-electron chi connectivity index (χ0n) is 10.1. The minimum Gasteiger partial charge on any atom is -0.382 e. The van der Waals surface area contributed by atoms with Crippen LogP contribution in [0.2, 0.25) is 0 Å². The van der Waals surface area contributed by atoms with Crippen LogP contribution in [0, 0.1) is 6.92 Å². The lowest BCUT2D eigenvalue weighted by molar-refractivity contribution is 0.216. The number of hydrogen-bond donors (Lipinski definition) is 2. The zero-order chi connectivity index (χ0) is 12.5. The first-order valence-electron chi connectivity index (χ1n) is 5.91. The van der Waals surface area contributed by atoms with Gasteiger partial charge in [0.15, 0.2) is 0 Å². The molecule has 1 aromatic carbocycles. The number of aromatic nitrogens is 2. The van der Waals surface area contributed by atoms with Gasteiger partial charge in [-0.25, -0.2) is 0 Å². The van der Waals surface area contributed by atoms with Gasteiger partial charge in [-0.2, -0.15) is 0 Å². The molecule has 1 unspecified atom stereocenters. The summed E-state index contributed by atoms with van der Waals surface area (Å²) in [7, 11) is 0. The van der Waals surface area contributed by atoms with Crippen LogP contribution in [-0.2, 0) is 0 Å². The summed E-state index contributed by atoms with van der Waals surface area (Å²) in [5, 5.41) is 11.4. The number of benzene rings is 1. The van der Waals surface area contributed by atoms with Crippen LogP contribution in [0.4, 0.5) is 0 Å². The number of aryl methyl sites for hydroxylation is 1. The van der Waals surface area contributed by atoms with Crippen molar-refractivity contribution in [3.8, 4) is 0 Å². The Kier molecular flexibility index (Phi) is 2.61. The van der Waals surface area contributed by atoms with Crippen molar-refractivity contribution in [2.45, 2.75) is 13.0 Å². The molecule has 2 aromatic heterocycles. The minimum atomic E-state index is -0.627. The molecule has 0 aliphatic rings. The summed E-state index contributed by atoms with van der Waals surface area (Å²) in [5.74, 6) is 0. The molecule has 0 aliphatic heterocycles. The highest BCUT2D eigenvalue weighted by atomic mass is 16.3. The Morgan fingerprint density at radius 3 is 2.67 bits per heavy atom. The van der Waals surface area contributed by atoms with Gasteiger partial charge < -0.3 is 10.1 Å². The van der Waals surface area contributed by atoms with E-state index < -0.39 is 6.10 Å². The van der Waals surface area contributed by atoms with Crippen LogP contribution >= 0.6 is 0 Å². The highest BCUT2D eigenvalue weighted by Gasteiger charge is 2.12. The Balaban J connectivity index is 2.00. The fourth-order valence-corrected chi connectivity index (χ4v) is 2.07. The molecule has 0 saturated carbocycles. The molecule has 90 valence electrons. The molecule has 3 rings (SSSR count). The van der Waals surface area contributed by atoms with E-state index in [0.717, 1.165) is 22.2 Å². The summed E-state index contributed by atoms with van der Waals surface area (Å²) >= 11 is 0. The summed E-state index contributed by atoms with van der Waals surface area (Å²) in [4.78, 5) is 7.25. The lowest BCUT2D eigenvalue weighted by Gasteiger charge is -2.09. The SMILES string of the molecule is Cc1ccc(C(O)c2cc3ccncc3[nH]2)cc1. The smallest absolute Gasteiger partial charge is 0.119 e. The van der Waals surface area contributed by atoms with Crippen LogP contribution in [0.25, 0.3) is 10.9 Å². The Morgan fingerprint density at radius 2 is 1.94 bits per heavy atom. The second-order valence-electron chi connectivity index (χ2n) is 4.50. The molecule has 0 spiro atoms. The van der Waals surface area contributed by atoms with E-state index in [1.165, 1.54) is 5.56 Å². The molecular formula is C15H14N2O. The highest BCUT2D eigenvalue weighted by Crippen LogP contribution is 2.24. The van der Waals surface area contributed by atoms with Gasteiger partial charge in [-0.05, 0) is 24.6 Å². The van der Waals surface area contributed by atoms with E-state index in [1.54, 1.807) is 12.4 Å². The molecule has 1 atom stereocenters. The zero-order valence-corrected chi connectivity index (χ0v) is 10.1. The van der Waals surface area contributed by atoms with Crippen LogP contribution in [0.1, 0.15) is 22.9 Å². The van der Waals surface area contributed by atoms with Crippen LogP contribution in [0.3, 0.4) is 0 Å². The number of aliphatic hydroxyl groups is 1. The van der Waals surface area contributed by atoms with E-state index in [1.807, 2.05) is 43.3 Å². The third kappa shape index (κ3) is 1.89. The fraction of sp³-hybridized carbons (Fsp3) is 0.133. The van der Waals surface area contributed by atoms with E-state index in [2.05, 4.69) is 9.97 Å². The molecule has 3 aromatic rings. The van der Waals surface area contributed by atoms with E-state index in [9.17, 15) is 5.11 Å². The van der Waals surface area contributed by atoms with Gasteiger partial charge in [0.1, 0.15) is 6.10 Å². The van der Waals surface area contributed by atoms with Crippen LogP contribution in [-0.4, -0.2) is 15.1 Å². The second-order valence-corrected chi connectivity index (χ2v) is 4.50. The molecule has 18 heavy (non-hydrogen) atoms. The second kappa shape index (κ2) is 4.27. The van der Waals surface area contributed by atoms with E-state index in [4.69, 9.17) is 0 Å². The molecule has 0 saturated heterocycles. The van der Waals surface area contributed by atoms with Crippen molar-refractivity contribution in [3.63, 3.8) is 0 Å². The largest absolute Gasteiger partial charge is 0.382 e. The van der Waals surface area contributed by atoms with Gasteiger partial charge >= 0.3 is 0 Å². The molecule has 2 heterocycles. The Labute approximate surface area is 105 Å². The van der Waals surface area contributed by atoms with Gasteiger partial charge in [0.05, 0.1) is 11.7 Å². The lowest BCUT2D eigenvalue weighted by Crippen LogP contribution is -1.99. The van der Waals surface area contributed by atoms with Crippen molar-refractivity contribution < 1.29 is 5.11 Å². The Bertz CT molecular complexity index is 637. The minimum absolute atomic E-state index is 0.627. The van der Waals surface area contributed by atoms with Crippen LogP contribution < -0.4 is 0 Å². The number of fused-ring (bicyclic) bond motifs is 1. The number of aromatic amines is 1. The third-order valence-electron chi connectivity index (χ3n) is 3.13. The maximum Gasteiger partial charge on any atom is 0.119 e. The molecule has 0 radical (unpaired) electrons. The number of hydrogen-bond acceptors (Lipinski definition) is 2. The monoisotopic (exact) mass is 238 g/mol. The van der Waals surface area contributed by atoms with Gasteiger partial charge in [-0.1, -0.05) is 29.8 Å². The fourth-order valence-electron chi connectivity index (χ4n) is 2.07. The predicted octanol–water partition coefficient (Wildman–Crippen LogP) is 2.95. The first-order chi connectivity index (χ1) is 8.74. The first kappa shape index (κ1) is 11.0. The van der Waals surface area contributed by atoms with Gasteiger partial charge in [0.25, 0.3) is 0 Å². The lowest BCUT2D eigenvalue weighted by atomic mass is 10.1. The molecule has 3 nitrogen and oxygen atoms in total. The van der Waals surface area contributed by atoms with E-state index in [0.29, 0.717) is 0 Å². The number of pyridine rings is 1. The standard InChI is InChI=1S/C15H14N2O/c1-10-2-4-11(5-3-10)15(18)13-8-12-6-7-16-9-14(12)17-13/h2-9,15,17-18H,1H3. The Hall–Kier alpha value is -2.13. The molecule has 0 amide bonds. The topological polar surface area (TPSA) is 48.9 Å². The van der Waals surface area contributed by atoms with E-state index in [-0.39, 0.29) is 0 Å². The number of H-pyrrole nitrogens is 1. The normalized spacial score (nSPS) is 12.8. The average molecular weight is 238 g/mol. The molecule has 3 heteroatoms. The number of aliphatic hydroxyl groups excluding tert-OH is 1. The summed E-state index contributed by atoms with van der Waals surface area (Å²) in [5.41, 5.74) is 3.81. The van der Waals surface area contributed by atoms with Gasteiger partial charge in [0.2, 0.25) is 0 Å². The highest BCUT2D eigenvalue weighted by molar-refractivity contribution is 5.79. The average Bonchev–Trinajstić information content (AvgIpc) is 2.82. The van der Waals surface area contributed by atoms with Crippen molar-refractivity contribution in [2.75, 3.05) is 0 Å². The van der Waals surface area contributed by atoms with Crippen molar-refractivity contribution in [2.24, 2.45) is 0 Å². The van der Waals surface area contributed by atoms with Crippen LogP contribution in [0.5, 0.6) is 0 Å². The van der Waals surface area contributed by atoms with Crippen LogP contribution in [0.15, 0.2) is 48.8 Å². The first-order valence-corrected chi connectivity index (χ1v) is 5.91. The summed E-state index contributed by atoms with van der Waals surface area (Å²) in [6.07, 6.45) is 2.89. The molecule has 0 bridgehead atoms. The predicted molar refractivity (Wildman–Crippen MR) is 71.3 cm³/mol. The third-order valence-corrected chi connectivity index (χ3v) is 3.13. The van der Waals surface area contributed by atoms with Gasteiger partial charge in [0, 0.05) is 17.3 Å². The number of rotatable bonds is 2. The van der Waals surface area contributed by atoms with Crippen molar-refractivity contribution in [1.82, 2.24) is 9.97 Å². The molecule has 0 aliphatic carbocycles. The molecule has 2 N–H and O–H groups in total. The Morgan fingerprint density at radius 1 is 1.17 bits per heavy atom. The number of nitrogens with zero attached hydrogens (tertiary/aromatic N) is 1. The van der Waals surface area contributed by atoms with Crippen molar-refractivity contribution in [1.29, 1.82) is 0 Å². The number of nitrogens with one attached hydrogen (secondary N) is 1.